The van der Waals surface area contributed by atoms with Crippen molar-refractivity contribution in [3.05, 3.63) is 49.1 Å². The molecule has 1 fully saturated rings. The first-order chi connectivity index (χ1) is 12.9. The topological polar surface area (TPSA) is 72.3 Å². The van der Waals surface area contributed by atoms with Gasteiger partial charge in [-0.3, -0.25) is 19.7 Å². The van der Waals surface area contributed by atoms with E-state index in [1.165, 1.54) is 32.1 Å². The highest BCUT2D eigenvalue weighted by atomic mass is 15.3. The van der Waals surface area contributed by atoms with Crippen LogP contribution in [0.3, 0.4) is 0 Å². The van der Waals surface area contributed by atoms with Crippen LogP contribution in [0.1, 0.15) is 38.1 Å². The van der Waals surface area contributed by atoms with E-state index in [0.29, 0.717) is 6.04 Å². The van der Waals surface area contributed by atoms with Crippen LogP contribution < -0.4 is 0 Å². The Balaban J connectivity index is 1.54. The summed E-state index contributed by atoms with van der Waals surface area (Å²) in [5, 5.41) is 13.4. The van der Waals surface area contributed by atoms with Gasteiger partial charge in [0.1, 0.15) is 11.4 Å². The van der Waals surface area contributed by atoms with Gasteiger partial charge in [-0.1, -0.05) is 19.3 Å². The fraction of sp³-hybridized carbons (Fsp3) is 0.300. The van der Waals surface area contributed by atoms with Crippen molar-refractivity contribution < 1.29 is 0 Å². The molecule has 0 aliphatic heterocycles. The van der Waals surface area contributed by atoms with Gasteiger partial charge in [-0.25, -0.2) is 0 Å². The number of hydrogen-bond donors (Lipinski definition) is 1. The second kappa shape index (κ2) is 6.37. The van der Waals surface area contributed by atoms with Gasteiger partial charge in [0, 0.05) is 29.5 Å². The van der Waals surface area contributed by atoms with Crippen LogP contribution in [0.4, 0.5) is 0 Å². The van der Waals surface area contributed by atoms with Gasteiger partial charge in [-0.15, -0.1) is 0 Å². The van der Waals surface area contributed by atoms with E-state index in [-0.39, 0.29) is 0 Å². The molecule has 4 aromatic heterocycles. The van der Waals surface area contributed by atoms with E-state index in [0.717, 1.165) is 33.5 Å². The first-order valence-electron chi connectivity index (χ1n) is 9.18. The lowest BCUT2D eigenvalue weighted by Gasteiger charge is -2.21. The Labute approximate surface area is 151 Å². The normalized spacial score (nSPS) is 15.5. The predicted octanol–water partition coefficient (Wildman–Crippen LogP) is 4.39. The third kappa shape index (κ3) is 2.67. The zero-order valence-corrected chi connectivity index (χ0v) is 14.5. The predicted molar refractivity (Wildman–Crippen MR) is 100 cm³/mol. The van der Waals surface area contributed by atoms with Crippen LogP contribution >= 0.6 is 0 Å². The second-order valence-corrected chi connectivity index (χ2v) is 6.90. The van der Waals surface area contributed by atoms with Crippen molar-refractivity contribution in [2.75, 3.05) is 0 Å². The van der Waals surface area contributed by atoms with Crippen LogP contribution in [0.25, 0.3) is 33.5 Å². The molecule has 0 amide bonds. The van der Waals surface area contributed by atoms with Crippen LogP contribution in [0.5, 0.6) is 0 Å². The van der Waals surface area contributed by atoms with Crippen LogP contribution in [0, 0.1) is 0 Å². The lowest BCUT2D eigenvalue weighted by atomic mass is 9.96. The van der Waals surface area contributed by atoms with Crippen LogP contribution in [-0.2, 0) is 0 Å². The van der Waals surface area contributed by atoms with Crippen molar-refractivity contribution in [2.45, 2.75) is 38.1 Å². The fourth-order valence-corrected chi connectivity index (χ4v) is 3.80. The lowest BCUT2D eigenvalue weighted by molar-refractivity contribution is 0.330. The number of fused-ring (bicyclic) bond motifs is 1. The molecule has 0 saturated heterocycles. The lowest BCUT2D eigenvalue weighted by Crippen LogP contribution is -2.13. The summed E-state index contributed by atoms with van der Waals surface area (Å²) < 4.78 is 2.12. The summed E-state index contributed by atoms with van der Waals surface area (Å²) in [6.07, 6.45) is 13.9. The minimum atomic E-state index is 0.523. The number of H-pyrrole nitrogens is 1. The summed E-state index contributed by atoms with van der Waals surface area (Å²) in [5.74, 6) is 0. The smallest absolute Gasteiger partial charge is 0.120 e. The number of nitrogens with one attached hydrogen (secondary N) is 1. The molecule has 4 heterocycles. The van der Waals surface area contributed by atoms with Crippen LogP contribution in [0.2, 0.25) is 0 Å². The molecule has 0 radical (unpaired) electrons. The maximum absolute atomic E-state index is 4.83. The first-order valence-corrected chi connectivity index (χ1v) is 9.18. The van der Waals surface area contributed by atoms with E-state index in [1.807, 2.05) is 24.5 Å². The van der Waals surface area contributed by atoms with Crippen molar-refractivity contribution in [2.24, 2.45) is 0 Å². The summed E-state index contributed by atoms with van der Waals surface area (Å²) in [6.45, 7) is 0. The number of hydrogen-bond acceptors (Lipinski definition) is 4. The molecule has 0 unspecified atom stereocenters. The molecule has 0 spiro atoms. The highest BCUT2D eigenvalue weighted by molar-refractivity contribution is 5.93. The van der Waals surface area contributed by atoms with E-state index in [1.54, 1.807) is 6.20 Å². The van der Waals surface area contributed by atoms with Crippen molar-refractivity contribution in [3.63, 3.8) is 0 Å². The Morgan fingerprint density at radius 1 is 1.04 bits per heavy atom. The maximum atomic E-state index is 4.83. The zero-order valence-electron chi connectivity index (χ0n) is 14.5. The van der Waals surface area contributed by atoms with Gasteiger partial charge in [-0.05, 0) is 37.1 Å². The van der Waals surface area contributed by atoms with Crippen molar-refractivity contribution in [1.82, 2.24) is 29.9 Å². The molecular weight excluding hydrogens is 324 g/mol. The molecule has 6 heteroatoms. The quantitative estimate of drug-likeness (QED) is 0.598. The average Bonchev–Trinajstić information content (AvgIpc) is 3.36. The monoisotopic (exact) mass is 344 g/mol. The number of aromatic nitrogens is 6. The summed E-state index contributed by atoms with van der Waals surface area (Å²) in [7, 11) is 0. The maximum Gasteiger partial charge on any atom is 0.120 e. The molecule has 130 valence electrons. The highest BCUT2D eigenvalue weighted by Gasteiger charge is 2.18. The molecule has 1 aliphatic rings. The standard InChI is InChI=1S/C20H20N6/c1-2-6-15(7-3-1)26-10-8-17(25-26)20-16-11-18(14-5-4-9-21-12-14)22-13-19(16)23-24-20/h4-5,8-13,15H,1-3,6-7H2,(H,23,24). The van der Waals surface area contributed by atoms with Gasteiger partial charge < -0.3 is 0 Å². The van der Waals surface area contributed by atoms with Gasteiger partial charge in [0.15, 0.2) is 0 Å². The van der Waals surface area contributed by atoms with Gasteiger partial charge in [-0.2, -0.15) is 10.2 Å². The van der Waals surface area contributed by atoms with Gasteiger partial charge in [0.05, 0.1) is 23.4 Å². The SMILES string of the molecule is c1cncc(-c2cc3c(-c4ccn(C5CCCCC5)n4)n[nH]c3cn2)c1. The summed E-state index contributed by atoms with van der Waals surface area (Å²) >= 11 is 0. The fourth-order valence-electron chi connectivity index (χ4n) is 3.80. The second-order valence-electron chi connectivity index (χ2n) is 6.90. The number of pyridine rings is 2. The summed E-state index contributed by atoms with van der Waals surface area (Å²) in [5.41, 5.74) is 4.58. The molecule has 6 nitrogen and oxygen atoms in total. The van der Waals surface area contributed by atoms with Crippen molar-refractivity contribution in [3.8, 4) is 22.6 Å². The van der Waals surface area contributed by atoms with E-state index in [4.69, 9.17) is 5.10 Å². The minimum Gasteiger partial charge on any atom is -0.276 e. The largest absolute Gasteiger partial charge is 0.276 e. The molecule has 1 N–H and O–H groups in total. The third-order valence-electron chi connectivity index (χ3n) is 5.20. The van der Waals surface area contributed by atoms with Gasteiger partial charge in [0.25, 0.3) is 0 Å². The van der Waals surface area contributed by atoms with Crippen molar-refractivity contribution >= 4 is 10.9 Å². The number of aromatic amines is 1. The molecular formula is C20H20N6. The van der Waals surface area contributed by atoms with Gasteiger partial charge in [0.2, 0.25) is 0 Å². The Hall–Kier alpha value is -3.02. The number of nitrogens with zero attached hydrogens (tertiary/aromatic N) is 5. The van der Waals surface area contributed by atoms with E-state index >= 15 is 0 Å². The first kappa shape index (κ1) is 15.3. The zero-order chi connectivity index (χ0) is 17.3. The third-order valence-corrected chi connectivity index (χ3v) is 5.20. The Morgan fingerprint density at radius 2 is 1.96 bits per heavy atom. The Morgan fingerprint density at radius 3 is 2.81 bits per heavy atom. The molecule has 4 aromatic rings. The molecule has 5 rings (SSSR count). The molecule has 0 bridgehead atoms. The van der Waals surface area contributed by atoms with Crippen LogP contribution in [0.15, 0.2) is 49.1 Å². The van der Waals surface area contributed by atoms with E-state index in [2.05, 4.69) is 43.2 Å². The number of rotatable bonds is 3. The molecule has 26 heavy (non-hydrogen) atoms. The van der Waals surface area contributed by atoms with Gasteiger partial charge >= 0.3 is 0 Å². The van der Waals surface area contributed by atoms with E-state index in [9.17, 15) is 0 Å². The average molecular weight is 344 g/mol. The molecule has 0 aromatic carbocycles. The molecule has 0 atom stereocenters. The molecule has 1 saturated carbocycles. The van der Waals surface area contributed by atoms with Crippen molar-refractivity contribution in [1.29, 1.82) is 0 Å². The Bertz CT molecular complexity index is 1030. The van der Waals surface area contributed by atoms with Crippen LogP contribution in [-0.4, -0.2) is 29.9 Å². The summed E-state index contributed by atoms with van der Waals surface area (Å²) in [4.78, 5) is 8.71. The molecule has 1 aliphatic carbocycles. The van der Waals surface area contributed by atoms with E-state index < -0.39 is 0 Å². The highest BCUT2D eigenvalue weighted by Crippen LogP contribution is 2.31. The summed E-state index contributed by atoms with van der Waals surface area (Å²) in [6, 6.07) is 8.58. The minimum absolute atomic E-state index is 0.523. The Kier molecular flexibility index (Phi) is 3.74.